The molecule has 5 rings (SSSR count). The summed E-state index contributed by atoms with van der Waals surface area (Å²) in [6.45, 7) is 0.444. The highest BCUT2D eigenvalue weighted by Crippen LogP contribution is 2.23. The number of amides is 1. The third-order valence-corrected chi connectivity index (χ3v) is 5.53. The molecule has 0 unspecified atom stereocenters. The molecule has 28 heavy (non-hydrogen) atoms. The Balaban J connectivity index is 1.41. The summed E-state index contributed by atoms with van der Waals surface area (Å²) >= 11 is 1.46. The molecule has 3 aromatic heterocycles. The van der Waals surface area contributed by atoms with Crippen molar-refractivity contribution in [2.75, 3.05) is 0 Å². The summed E-state index contributed by atoms with van der Waals surface area (Å²) in [6.07, 6.45) is 3.69. The number of fused-ring (bicyclic) bond motifs is 2. The fraction of sp³-hybridized carbons (Fsp3) is 0.0455. The van der Waals surface area contributed by atoms with Gasteiger partial charge in [-0.05, 0) is 17.7 Å². The van der Waals surface area contributed by atoms with E-state index in [1.165, 1.54) is 11.3 Å². The number of hydrogen-bond donors (Lipinski definition) is 1. The maximum absolute atomic E-state index is 12.8. The molecule has 2 aromatic carbocycles. The zero-order valence-corrected chi connectivity index (χ0v) is 15.7. The molecular formula is C22H16N4OS. The monoisotopic (exact) mass is 384 g/mol. The summed E-state index contributed by atoms with van der Waals surface area (Å²) in [5.41, 5.74) is 4.46. The predicted molar refractivity (Wildman–Crippen MR) is 111 cm³/mol. The summed E-state index contributed by atoms with van der Waals surface area (Å²) in [7, 11) is 0. The molecule has 0 fully saturated rings. The van der Waals surface area contributed by atoms with E-state index >= 15 is 0 Å². The number of imidazole rings is 1. The van der Waals surface area contributed by atoms with Crippen LogP contribution in [0.15, 0.2) is 78.4 Å². The van der Waals surface area contributed by atoms with Gasteiger partial charge in [0.2, 0.25) is 0 Å². The molecule has 0 bridgehead atoms. The van der Waals surface area contributed by atoms with E-state index in [0.29, 0.717) is 12.2 Å². The van der Waals surface area contributed by atoms with Crippen molar-refractivity contribution in [3.8, 4) is 11.3 Å². The average molecular weight is 384 g/mol. The molecule has 6 heteroatoms. The van der Waals surface area contributed by atoms with Crippen LogP contribution >= 0.6 is 11.3 Å². The topological polar surface area (TPSA) is 59.3 Å². The van der Waals surface area contributed by atoms with Crippen molar-refractivity contribution in [1.29, 1.82) is 0 Å². The molecule has 0 atom stereocenters. The fourth-order valence-corrected chi connectivity index (χ4v) is 4.12. The van der Waals surface area contributed by atoms with E-state index in [2.05, 4.69) is 15.3 Å². The molecule has 0 spiro atoms. The molecule has 3 heterocycles. The van der Waals surface area contributed by atoms with Gasteiger partial charge >= 0.3 is 0 Å². The lowest BCUT2D eigenvalue weighted by molar-refractivity contribution is 0.0945. The van der Waals surface area contributed by atoms with Crippen LogP contribution in [-0.2, 0) is 6.54 Å². The predicted octanol–water partition coefficient (Wildman–Crippen LogP) is 4.54. The number of rotatable bonds is 4. The smallest absolute Gasteiger partial charge is 0.269 e. The van der Waals surface area contributed by atoms with Crippen LogP contribution < -0.4 is 5.32 Å². The first kappa shape index (κ1) is 16.6. The van der Waals surface area contributed by atoms with Crippen LogP contribution in [0.5, 0.6) is 0 Å². The minimum absolute atomic E-state index is 0.121. The number of carbonyl (C=O) groups excluding carboxylic acids is 1. The Bertz CT molecular complexity index is 1280. The van der Waals surface area contributed by atoms with E-state index in [1.807, 2.05) is 76.6 Å². The Morgan fingerprint density at radius 1 is 1.04 bits per heavy atom. The van der Waals surface area contributed by atoms with Gasteiger partial charge in [0.15, 0.2) is 4.96 Å². The SMILES string of the molecule is O=C(NCc1ccnc2ccccc12)c1csc2nc(-c3ccccc3)cn12. The highest BCUT2D eigenvalue weighted by Gasteiger charge is 2.15. The molecule has 0 saturated carbocycles. The van der Waals surface area contributed by atoms with E-state index in [-0.39, 0.29) is 5.91 Å². The summed E-state index contributed by atoms with van der Waals surface area (Å²) in [5, 5.41) is 5.92. The first-order chi connectivity index (χ1) is 13.8. The lowest BCUT2D eigenvalue weighted by Crippen LogP contribution is -2.24. The Kier molecular flexibility index (Phi) is 4.10. The van der Waals surface area contributed by atoms with Gasteiger partial charge in [-0.2, -0.15) is 0 Å². The van der Waals surface area contributed by atoms with Gasteiger partial charge in [0.25, 0.3) is 5.91 Å². The molecule has 1 N–H and O–H groups in total. The Morgan fingerprint density at radius 2 is 1.86 bits per heavy atom. The van der Waals surface area contributed by atoms with Gasteiger partial charge < -0.3 is 5.32 Å². The molecule has 0 aliphatic heterocycles. The molecule has 0 aliphatic rings. The molecule has 1 amide bonds. The third kappa shape index (κ3) is 2.93. The Labute approximate surface area is 165 Å². The number of aromatic nitrogens is 3. The van der Waals surface area contributed by atoms with Crippen molar-refractivity contribution in [3.05, 3.63) is 89.7 Å². The van der Waals surface area contributed by atoms with Gasteiger partial charge in [0, 0.05) is 35.3 Å². The maximum atomic E-state index is 12.8. The van der Waals surface area contributed by atoms with Crippen LogP contribution in [0.1, 0.15) is 16.1 Å². The number of thiazole rings is 1. The number of nitrogens with zero attached hydrogens (tertiary/aromatic N) is 3. The lowest BCUT2D eigenvalue weighted by Gasteiger charge is -2.07. The van der Waals surface area contributed by atoms with E-state index in [1.54, 1.807) is 6.20 Å². The number of hydrogen-bond acceptors (Lipinski definition) is 4. The van der Waals surface area contributed by atoms with Crippen LogP contribution in [-0.4, -0.2) is 20.3 Å². The normalized spacial score (nSPS) is 11.1. The quantitative estimate of drug-likeness (QED) is 0.495. The van der Waals surface area contributed by atoms with Crippen LogP contribution in [0.25, 0.3) is 27.1 Å². The zero-order valence-electron chi connectivity index (χ0n) is 14.9. The van der Waals surface area contributed by atoms with Gasteiger partial charge in [-0.25, -0.2) is 4.98 Å². The molecular weight excluding hydrogens is 368 g/mol. The third-order valence-electron chi connectivity index (χ3n) is 4.69. The van der Waals surface area contributed by atoms with E-state index in [9.17, 15) is 4.79 Å². The number of nitrogens with one attached hydrogen (secondary N) is 1. The molecule has 0 saturated heterocycles. The van der Waals surface area contributed by atoms with Gasteiger partial charge in [-0.1, -0.05) is 48.5 Å². The largest absolute Gasteiger partial charge is 0.347 e. The average Bonchev–Trinajstić information content (AvgIpc) is 3.33. The van der Waals surface area contributed by atoms with Gasteiger partial charge in [0.05, 0.1) is 11.2 Å². The highest BCUT2D eigenvalue weighted by molar-refractivity contribution is 7.15. The van der Waals surface area contributed by atoms with Crippen LogP contribution in [0.3, 0.4) is 0 Å². The van der Waals surface area contributed by atoms with Crippen LogP contribution in [0.2, 0.25) is 0 Å². The molecule has 0 radical (unpaired) electrons. The molecule has 5 nitrogen and oxygen atoms in total. The second-order valence-corrected chi connectivity index (χ2v) is 7.27. The number of para-hydroxylation sites is 1. The van der Waals surface area contributed by atoms with E-state index < -0.39 is 0 Å². The van der Waals surface area contributed by atoms with Crippen molar-refractivity contribution in [2.24, 2.45) is 0 Å². The van der Waals surface area contributed by atoms with Crippen molar-refractivity contribution < 1.29 is 4.79 Å². The van der Waals surface area contributed by atoms with Gasteiger partial charge in [-0.15, -0.1) is 11.3 Å². The minimum Gasteiger partial charge on any atom is -0.347 e. The second-order valence-electron chi connectivity index (χ2n) is 6.44. The van der Waals surface area contributed by atoms with Gasteiger partial charge in [-0.3, -0.25) is 14.2 Å². The van der Waals surface area contributed by atoms with Gasteiger partial charge in [0.1, 0.15) is 5.69 Å². The van der Waals surface area contributed by atoms with Crippen molar-refractivity contribution in [2.45, 2.75) is 6.54 Å². The molecule has 0 aliphatic carbocycles. The lowest BCUT2D eigenvalue weighted by atomic mass is 10.1. The number of benzene rings is 2. The van der Waals surface area contributed by atoms with E-state index in [0.717, 1.165) is 32.7 Å². The standard InChI is InChI=1S/C22H16N4OS/c27-21(24-12-16-10-11-23-18-9-5-4-8-17(16)18)20-14-28-22-25-19(13-26(20)22)15-6-2-1-3-7-15/h1-11,13-14H,12H2,(H,24,27). The van der Waals surface area contributed by atoms with Crippen molar-refractivity contribution in [1.82, 2.24) is 19.7 Å². The van der Waals surface area contributed by atoms with Crippen LogP contribution in [0.4, 0.5) is 0 Å². The molecule has 5 aromatic rings. The fourth-order valence-electron chi connectivity index (χ4n) is 3.27. The summed E-state index contributed by atoms with van der Waals surface area (Å²) in [4.78, 5) is 22.6. The first-order valence-electron chi connectivity index (χ1n) is 8.92. The summed E-state index contributed by atoms with van der Waals surface area (Å²) in [5.74, 6) is -0.121. The van der Waals surface area contributed by atoms with Crippen molar-refractivity contribution in [3.63, 3.8) is 0 Å². The second kappa shape index (κ2) is 6.90. The first-order valence-corrected chi connectivity index (χ1v) is 9.80. The Hall–Kier alpha value is -3.51. The summed E-state index contributed by atoms with van der Waals surface area (Å²) < 4.78 is 1.85. The Morgan fingerprint density at radius 3 is 2.75 bits per heavy atom. The molecule has 136 valence electrons. The zero-order chi connectivity index (χ0) is 18.9. The highest BCUT2D eigenvalue weighted by atomic mass is 32.1. The summed E-state index contributed by atoms with van der Waals surface area (Å²) in [6, 6.07) is 19.8. The minimum atomic E-state index is -0.121. The number of pyridine rings is 1. The number of carbonyl (C=O) groups is 1. The van der Waals surface area contributed by atoms with Crippen molar-refractivity contribution >= 4 is 33.1 Å². The van der Waals surface area contributed by atoms with Crippen LogP contribution in [0, 0.1) is 0 Å². The maximum Gasteiger partial charge on any atom is 0.269 e. The van der Waals surface area contributed by atoms with E-state index in [4.69, 9.17) is 0 Å².